The summed E-state index contributed by atoms with van der Waals surface area (Å²) in [5.41, 5.74) is 0. The van der Waals surface area contributed by atoms with Gasteiger partial charge in [0.1, 0.15) is 0 Å². The third-order valence-electron chi connectivity index (χ3n) is 4.03. The van der Waals surface area contributed by atoms with Crippen LogP contribution in [0.25, 0.3) is 0 Å². The molecule has 0 bridgehead atoms. The lowest BCUT2D eigenvalue weighted by Gasteiger charge is -2.36. The minimum absolute atomic E-state index is 0.314. The van der Waals surface area contributed by atoms with E-state index in [1.807, 2.05) is 0 Å². The van der Waals surface area contributed by atoms with Gasteiger partial charge >= 0.3 is 0 Å². The minimum atomic E-state index is -1.54. The molecule has 0 saturated heterocycles. The Labute approximate surface area is 95.2 Å². The molecule has 0 aliphatic heterocycles. The zero-order valence-electron chi connectivity index (χ0n) is 10.8. The maximum Gasteiger partial charge on any atom is 0.191 e. The van der Waals surface area contributed by atoms with Crippen LogP contribution in [0.5, 0.6) is 0 Å². The van der Waals surface area contributed by atoms with Crippen LogP contribution in [0.3, 0.4) is 0 Å². The predicted octanol–water partition coefficient (Wildman–Crippen LogP) is 3.03. The molecule has 0 heterocycles. The van der Waals surface area contributed by atoms with E-state index in [1.165, 1.54) is 6.42 Å². The third kappa shape index (κ3) is 3.57. The van der Waals surface area contributed by atoms with Gasteiger partial charge in [-0.05, 0) is 42.8 Å². The first-order valence-electron chi connectivity index (χ1n) is 6.03. The first kappa shape index (κ1) is 13.2. The molecule has 90 valence electrons. The van der Waals surface area contributed by atoms with Gasteiger partial charge in [0.15, 0.2) is 8.32 Å². The minimum Gasteiger partial charge on any atom is -0.417 e. The zero-order valence-corrected chi connectivity index (χ0v) is 11.8. The highest BCUT2D eigenvalue weighted by Crippen LogP contribution is 2.43. The molecule has 1 fully saturated rings. The van der Waals surface area contributed by atoms with Gasteiger partial charge in [0, 0.05) is 13.2 Å². The highest BCUT2D eigenvalue weighted by molar-refractivity contribution is 6.74. The molecule has 2 unspecified atom stereocenters. The van der Waals surface area contributed by atoms with Crippen LogP contribution < -0.4 is 0 Å². The molecule has 0 amide bonds. The Morgan fingerprint density at radius 3 is 2.33 bits per heavy atom. The van der Waals surface area contributed by atoms with Crippen LogP contribution in [0.2, 0.25) is 18.1 Å². The standard InChI is InChI=1S/C12H26O2Si/c1-12(2,3)15(4,5)14-9-11-8-10(11)6-7-13/h10-11,13H,6-9H2,1-5H3. The van der Waals surface area contributed by atoms with Gasteiger partial charge in [-0.1, -0.05) is 20.8 Å². The van der Waals surface area contributed by atoms with Crippen molar-refractivity contribution in [2.75, 3.05) is 13.2 Å². The summed E-state index contributed by atoms with van der Waals surface area (Å²) >= 11 is 0. The Morgan fingerprint density at radius 2 is 1.87 bits per heavy atom. The highest BCUT2D eigenvalue weighted by atomic mass is 28.4. The molecule has 0 radical (unpaired) electrons. The summed E-state index contributed by atoms with van der Waals surface area (Å²) in [6.07, 6.45) is 2.22. The molecule has 1 rings (SSSR count). The normalized spacial score (nSPS) is 26.8. The van der Waals surface area contributed by atoms with Crippen LogP contribution in [0, 0.1) is 11.8 Å². The summed E-state index contributed by atoms with van der Waals surface area (Å²) < 4.78 is 6.15. The van der Waals surface area contributed by atoms with Crippen molar-refractivity contribution in [3.63, 3.8) is 0 Å². The van der Waals surface area contributed by atoms with Crippen molar-refractivity contribution in [3.05, 3.63) is 0 Å². The smallest absolute Gasteiger partial charge is 0.191 e. The molecule has 1 N–H and O–H groups in total. The van der Waals surface area contributed by atoms with Crippen LogP contribution in [0.4, 0.5) is 0 Å². The van der Waals surface area contributed by atoms with Gasteiger partial charge in [-0.15, -0.1) is 0 Å². The first-order chi connectivity index (χ1) is 6.78. The molecule has 2 atom stereocenters. The number of hydrogen-bond donors (Lipinski definition) is 1. The largest absolute Gasteiger partial charge is 0.417 e. The molecule has 1 aliphatic rings. The van der Waals surface area contributed by atoms with Crippen molar-refractivity contribution in [2.24, 2.45) is 11.8 Å². The molecular formula is C12H26O2Si. The summed E-state index contributed by atoms with van der Waals surface area (Å²) in [5.74, 6) is 1.46. The molecule has 15 heavy (non-hydrogen) atoms. The molecule has 0 aromatic rings. The monoisotopic (exact) mass is 230 g/mol. The molecule has 3 heteroatoms. The van der Waals surface area contributed by atoms with Crippen molar-refractivity contribution in [2.45, 2.75) is 51.7 Å². The van der Waals surface area contributed by atoms with E-state index < -0.39 is 8.32 Å². The Bertz CT molecular complexity index is 208. The van der Waals surface area contributed by atoms with Gasteiger partial charge < -0.3 is 9.53 Å². The van der Waals surface area contributed by atoms with Crippen LogP contribution >= 0.6 is 0 Å². The average Bonchev–Trinajstić information content (AvgIpc) is 2.79. The maximum atomic E-state index is 8.82. The summed E-state index contributed by atoms with van der Waals surface area (Å²) in [6, 6.07) is 0. The number of aliphatic hydroxyl groups excluding tert-OH is 1. The second kappa shape index (κ2) is 4.56. The van der Waals surface area contributed by atoms with E-state index in [-0.39, 0.29) is 0 Å². The molecule has 1 saturated carbocycles. The van der Waals surface area contributed by atoms with Crippen LogP contribution in [0.1, 0.15) is 33.6 Å². The SMILES string of the molecule is CC(C)(C)[Si](C)(C)OCC1CC1CCO. The van der Waals surface area contributed by atoms with E-state index in [0.717, 1.165) is 24.9 Å². The molecule has 0 spiro atoms. The van der Waals surface area contributed by atoms with Crippen molar-refractivity contribution in [1.29, 1.82) is 0 Å². The lowest BCUT2D eigenvalue weighted by molar-refractivity contribution is 0.247. The summed E-state index contributed by atoms with van der Waals surface area (Å²) in [5, 5.41) is 9.13. The van der Waals surface area contributed by atoms with Crippen molar-refractivity contribution in [3.8, 4) is 0 Å². The summed E-state index contributed by atoms with van der Waals surface area (Å²) in [6.45, 7) is 12.7. The molecule has 1 aliphatic carbocycles. The van der Waals surface area contributed by atoms with Crippen molar-refractivity contribution >= 4 is 8.32 Å². The van der Waals surface area contributed by atoms with Gasteiger partial charge in [0.25, 0.3) is 0 Å². The number of rotatable bonds is 5. The second-order valence-corrected chi connectivity index (χ2v) is 11.1. The van der Waals surface area contributed by atoms with E-state index >= 15 is 0 Å². The fraction of sp³-hybridized carbons (Fsp3) is 1.00. The van der Waals surface area contributed by atoms with E-state index in [1.54, 1.807) is 0 Å². The third-order valence-corrected chi connectivity index (χ3v) is 8.53. The topological polar surface area (TPSA) is 29.5 Å². The van der Waals surface area contributed by atoms with Crippen LogP contribution in [-0.2, 0) is 4.43 Å². The van der Waals surface area contributed by atoms with Crippen molar-refractivity contribution in [1.82, 2.24) is 0 Å². The van der Waals surface area contributed by atoms with Gasteiger partial charge in [0.05, 0.1) is 0 Å². The highest BCUT2D eigenvalue weighted by Gasteiger charge is 2.41. The number of hydrogen-bond acceptors (Lipinski definition) is 2. The lowest BCUT2D eigenvalue weighted by Crippen LogP contribution is -2.41. The van der Waals surface area contributed by atoms with Crippen LogP contribution in [0.15, 0.2) is 0 Å². The maximum absolute atomic E-state index is 8.82. The molecule has 2 nitrogen and oxygen atoms in total. The Morgan fingerprint density at radius 1 is 1.27 bits per heavy atom. The van der Waals surface area contributed by atoms with Gasteiger partial charge in [-0.25, -0.2) is 0 Å². The van der Waals surface area contributed by atoms with E-state index in [0.29, 0.717) is 11.6 Å². The zero-order chi connectivity index (χ0) is 11.7. The van der Waals surface area contributed by atoms with Gasteiger partial charge in [-0.3, -0.25) is 0 Å². The Hall–Kier alpha value is 0.137. The Kier molecular flexibility index (Phi) is 4.01. The fourth-order valence-corrected chi connectivity index (χ4v) is 2.63. The molecule has 0 aromatic heterocycles. The lowest BCUT2D eigenvalue weighted by atomic mass is 10.2. The van der Waals surface area contributed by atoms with Crippen molar-refractivity contribution < 1.29 is 9.53 Å². The summed E-state index contributed by atoms with van der Waals surface area (Å²) in [4.78, 5) is 0. The summed E-state index contributed by atoms with van der Waals surface area (Å²) in [7, 11) is -1.54. The molecular weight excluding hydrogens is 204 g/mol. The van der Waals surface area contributed by atoms with E-state index in [9.17, 15) is 0 Å². The predicted molar refractivity (Wildman–Crippen MR) is 66.4 cm³/mol. The number of aliphatic hydroxyl groups is 1. The quantitative estimate of drug-likeness (QED) is 0.736. The first-order valence-corrected chi connectivity index (χ1v) is 8.93. The van der Waals surface area contributed by atoms with E-state index in [4.69, 9.17) is 9.53 Å². The fourth-order valence-electron chi connectivity index (χ4n) is 1.57. The van der Waals surface area contributed by atoms with Gasteiger partial charge in [-0.2, -0.15) is 0 Å². The average molecular weight is 230 g/mol. The van der Waals surface area contributed by atoms with E-state index in [2.05, 4.69) is 33.9 Å². The van der Waals surface area contributed by atoms with Crippen LogP contribution in [-0.4, -0.2) is 26.6 Å². The van der Waals surface area contributed by atoms with Gasteiger partial charge in [0.2, 0.25) is 0 Å². The second-order valence-electron chi connectivity index (χ2n) is 6.34. The Balaban J connectivity index is 2.26. The molecule has 0 aromatic carbocycles.